The molecule has 1 aromatic rings. The first-order valence-corrected chi connectivity index (χ1v) is 6.84. The van der Waals surface area contributed by atoms with Crippen LogP contribution in [0.3, 0.4) is 0 Å². The van der Waals surface area contributed by atoms with E-state index in [1.54, 1.807) is 12.1 Å². The SMILES string of the molecule is CC(C)C(=NNC(=O)c1cccc(Br)c1)C(C)C. The molecule has 0 aliphatic carbocycles. The van der Waals surface area contributed by atoms with Gasteiger partial charge in [0, 0.05) is 15.7 Å². The smallest absolute Gasteiger partial charge is 0.267 e. The van der Waals surface area contributed by atoms with Crippen LogP contribution in [-0.2, 0) is 0 Å². The van der Waals surface area contributed by atoms with Crippen LogP contribution in [0, 0.1) is 11.8 Å². The Balaban J connectivity index is 2.79. The summed E-state index contributed by atoms with van der Waals surface area (Å²) in [5.74, 6) is 0.468. The van der Waals surface area contributed by atoms with Gasteiger partial charge in [0.25, 0.3) is 5.91 Å². The van der Waals surface area contributed by atoms with Crippen molar-refractivity contribution in [1.29, 1.82) is 0 Å². The summed E-state index contributed by atoms with van der Waals surface area (Å²) >= 11 is 3.34. The largest absolute Gasteiger partial charge is 0.271 e. The second-order valence-corrected chi connectivity index (χ2v) is 5.71. The molecule has 0 atom stereocenters. The Kier molecular flexibility index (Phi) is 5.54. The molecule has 0 aliphatic rings. The molecule has 0 aromatic heterocycles. The normalized spacial score (nSPS) is 10.6. The zero-order chi connectivity index (χ0) is 13.7. The monoisotopic (exact) mass is 310 g/mol. The first-order valence-electron chi connectivity index (χ1n) is 6.05. The number of hydrogen-bond acceptors (Lipinski definition) is 2. The minimum Gasteiger partial charge on any atom is -0.267 e. The van der Waals surface area contributed by atoms with Crippen molar-refractivity contribution >= 4 is 27.5 Å². The standard InChI is InChI=1S/C14H19BrN2O/c1-9(2)13(10(3)4)16-17-14(18)11-6-5-7-12(15)8-11/h5-10H,1-4H3,(H,17,18). The summed E-state index contributed by atoms with van der Waals surface area (Å²) in [4.78, 5) is 11.9. The molecule has 0 bridgehead atoms. The van der Waals surface area contributed by atoms with Gasteiger partial charge in [0.2, 0.25) is 0 Å². The molecule has 98 valence electrons. The minimum absolute atomic E-state index is 0.185. The van der Waals surface area contributed by atoms with Crippen LogP contribution in [0.5, 0.6) is 0 Å². The Labute approximate surface area is 117 Å². The fourth-order valence-corrected chi connectivity index (χ4v) is 2.13. The maximum atomic E-state index is 11.9. The van der Waals surface area contributed by atoms with Crippen LogP contribution in [0.2, 0.25) is 0 Å². The number of rotatable bonds is 4. The Bertz CT molecular complexity index is 443. The van der Waals surface area contributed by atoms with Gasteiger partial charge in [-0.1, -0.05) is 49.7 Å². The van der Waals surface area contributed by atoms with Crippen molar-refractivity contribution in [1.82, 2.24) is 5.43 Å². The average Bonchev–Trinajstić information content (AvgIpc) is 2.28. The predicted molar refractivity (Wildman–Crippen MR) is 78.7 cm³/mol. The highest BCUT2D eigenvalue weighted by Crippen LogP contribution is 2.12. The van der Waals surface area contributed by atoms with Crippen molar-refractivity contribution in [2.24, 2.45) is 16.9 Å². The lowest BCUT2D eigenvalue weighted by molar-refractivity contribution is 0.0954. The summed E-state index contributed by atoms with van der Waals surface area (Å²) in [6.45, 7) is 8.29. The van der Waals surface area contributed by atoms with E-state index in [4.69, 9.17) is 0 Å². The Morgan fingerprint density at radius 1 is 1.22 bits per heavy atom. The molecule has 1 aromatic carbocycles. The molecule has 0 saturated heterocycles. The second kappa shape index (κ2) is 6.69. The lowest BCUT2D eigenvalue weighted by Crippen LogP contribution is -2.24. The molecular weight excluding hydrogens is 292 g/mol. The zero-order valence-corrected chi connectivity index (χ0v) is 12.8. The summed E-state index contributed by atoms with van der Waals surface area (Å²) in [7, 11) is 0. The van der Waals surface area contributed by atoms with Crippen molar-refractivity contribution < 1.29 is 4.79 Å². The van der Waals surface area contributed by atoms with Crippen LogP contribution in [0.1, 0.15) is 38.1 Å². The minimum atomic E-state index is -0.185. The van der Waals surface area contributed by atoms with E-state index in [0.717, 1.165) is 10.2 Å². The van der Waals surface area contributed by atoms with Crippen molar-refractivity contribution in [3.05, 3.63) is 34.3 Å². The lowest BCUT2D eigenvalue weighted by Gasteiger charge is -2.13. The van der Waals surface area contributed by atoms with Gasteiger partial charge in [-0.15, -0.1) is 0 Å². The van der Waals surface area contributed by atoms with Gasteiger partial charge < -0.3 is 0 Å². The van der Waals surface area contributed by atoms with Crippen molar-refractivity contribution in [3.8, 4) is 0 Å². The highest BCUT2D eigenvalue weighted by atomic mass is 79.9. The zero-order valence-electron chi connectivity index (χ0n) is 11.2. The van der Waals surface area contributed by atoms with Crippen molar-refractivity contribution in [2.75, 3.05) is 0 Å². The molecule has 0 radical (unpaired) electrons. The number of hydrazone groups is 1. The molecule has 1 rings (SSSR count). The van der Waals surface area contributed by atoms with E-state index >= 15 is 0 Å². The summed E-state index contributed by atoms with van der Waals surface area (Å²) in [6, 6.07) is 7.25. The number of nitrogens with zero attached hydrogens (tertiary/aromatic N) is 1. The summed E-state index contributed by atoms with van der Waals surface area (Å²) in [5.41, 5.74) is 4.21. The van der Waals surface area contributed by atoms with Gasteiger partial charge in [-0.25, -0.2) is 5.43 Å². The molecule has 0 saturated carbocycles. The lowest BCUT2D eigenvalue weighted by atomic mass is 9.98. The van der Waals surface area contributed by atoms with Crippen molar-refractivity contribution in [3.63, 3.8) is 0 Å². The van der Waals surface area contributed by atoms with Gasteiger partial charge in [0.05, 0.1) is 0 Å². The molecule has 0 heterocycles. The average molecular weight is 311 g/mol. The molecule has 1 N–H and O–H groups in total. The van der Waals surface area contributed by atoms with Crippen LogP contribution in [0.4, 0.5) is 0 Å². The first-order chi connectivity index (χ1) is 8.41. The maximum absolute atomic E-state index is 11.9. The van der Waals surface area contributed by atoms with Gasteiger partial charge in [-0.2, -0.15) is 5.10 Å². The Hall–Kier alpha value is -1.16. The third kappa shape index (κ3) is 4.26. The number of nitrogens with one attached hydrogen (secondary N) is 1. The predicted octanol–water partition coefficient (Wildman–Crippen LogP) is 3.85. The number of benzene rings is 1. The van der Waals surface area contributed by atoms with Crippen LogP contribution in [0.15, 0.2) is 33.8 Å². The number of halogens is 1. The maximum Gasteiger partial charge on any atom is 0.271 e. The third-order valence-electron chi connectivity index (χ3n) is 2.56. The topological polar surface area (TPSA) is 41.5 Å². The van der Waals surface area contributed by atoms with E-state index in [1.165, 1.54) is 0 Å². The van der Waals surface area contributed by atoms with Gasteiger partial charge >= 0.3 is 0 Å². The van der Waals surface area contributed by atoms with Crippen LogP contribution >= 0.6 is 15.9 Å². The summed E-state index contributed by atoms with van der Waals surface area (Å²) in [5, 5.41) is 4.23. The highest BCUT2D eigenvalue weighted by Gasteiger charge is 2.11. The van der Waals surface area contributed by atoms with Gasteiger partial charge in [-0.3, -0.25) is 4.79 Å². The van der Waals surface area contributed by atoms with E-state index in [0.29, 0.717) is 17.4 Å². The van der Waals surface area contributed by atoms with Gasteiger partial charge in [0.1, 0.15) is 0 Å². The second-order valence-electron chi connectivity index (χ2n) is 4.80. The highest BCUT2D eigenvalue weighted by molar-refractivity contribution is 9.10. The molecule has 4 heteroatoms. The number of carbonyl (C=O) groups excluding carboxylic acids is 1. The van der Waals surface area contributed by atoms with E-state index in [9.17, 15) is 4.79 Å². The van der Waals surface area contributed by atoms with Crippen LogP contribution in [-0.4, -0.2) is 11.6 Å². The van der Waals surface area contributed by atoms with E-state index < -0.39 is 0 Å². The molecule has 1 amide bonds. The molecular formula is C14H19BrN2O. The van der Waals surface area contributed by atoms with E-state index in [2.05, 4.69) is 54.2 Å². The summed E-state index contributed by atoms with van der Waals surface area (Å²) in [6.07, 6.45) is 0. The number of carbonyl (C=O) groups is 1. The third-order valence-corrected chi connectivity index (χ3v) is 3.05. The molecule has 0 unspecified atom stereocenters. The van der Waals surface area contributed by atoms with Crippen LogP contribution < -0.4 is 5.43 Å². The number of hydrogen-bond donors (Lipinski definition) is 1. The molecule has 0 aliphatic heterocycles. The fraction of sp³-hybridized carbons (Fsp3) is 0.429. The van der Waals surface area contributed by atoms with E-state index in [-0.39, 0.29) is 5.91 Å². The van der Waals surface area contributed by atoms with Gasteiger partial charge in [0.15, 0.2) is 0 Å². The Morgan fingerprint density at radius 2 is 1.83 bits per heavy atom. The van der Waals surface area contributed by atoms with Gasteiger partial charge in [-0.05, 0) is 30.0 Å². The number of amides is 1. The van der Waals surface area contributed by atoms with Crippen LogP contribution in [0.25, 0.3) is 0 Å². The Morgan fingerprint density at radius 3 is 2.33 bits per heavy atom. The molecule has 18 heavy (non-hydrogen) atoms. The summed E-state index contributed by atoms with van der Waals surface area (Å²) < 4.78 is 0.882. The molecule has 0 spiro atoms. The molecule has 0 fully saturated rings. The molecule has 3 nitrogen and oxygen atoms in total. The first kappa shape index (κ1) is 14.9. The fourth-order valence-electron chi connectivity index (χ4n) is 1.73. The quantitative estimate of drug-likeness (QED) is 0.666. The van der Waals surface area contributed by atoms with Crippen molar-refractivity contribution in [2.45, 2.75) is 27.7 Å². The van der Waals surface area contributed by atoms with E-state index in [1.807, 2.05) is 12.1 Å².